The molecular formula is C10H17N5O2. The number of esters is 1. The first-order chi connectivity index (χ1) is 8.20. The molecule has 94 valence electrons. The third-order valence-corrected chi connectivity index (χ3v) is 2.98. The van der Waals surface area contributed by atoms with E-state index in [0.717, 1.165) is 25.8 Å². The van der Waals surface area contributed by atoms with Gasteiger partial charge >= 0.3 is 5.97 Å². The molecule has 0 amide bonds. The van der Waals surface area contributed by atoms with Gasteiger partial charge in [0.1, 0.15) is 6.04 Å². The molecule has 1 fully saturated rings. The first-order valence-electron chi connectivity index (χ1n) is 5.75. The molecule has 0 aromatic carbocycles. The zero-order chi connectivity index (χ0) is 12.3. The summed E-state index contributed by atoms with van der Waals surface area (Å²) in [7, 11) is 3.15. The average Bonchev–Trinajstić information content (AvgIpc) is 2.74. The van der Waals surface area contributed by atoms with Gasteiger partial charge in [0.15, 0.2) is 5.82 Å². The number of likely N-dealkylation sites (tertiary alicyclic amines) is 1. The van der Waals surface area contributed by atoms with Crippen molar-refractivity contribution in [3.63, 3.8) is 0 Å². The lowest BCUT2D eigenvalue weighted by Crippen LogP contribution is -2.44. The SMILES string of the molecule is COC(=O)[C@H]1CCCCN1Cc1nnn(C)n1. The van der Waals surface area contributed by atoms with Crippen LogP contribution in [-0.2, 0) is 23.1 Å². The molecule has 0 N–H and O–H groups in total. The smallest absolute Gasteiger partial charge is 0.323 e. The van der Waals surface area contributed by atoms with Crippen molar-refractivity contribution in [1.82, 2.24) is 25.1 Å². The Morgan fingerprint density at radius 2 is 2.35 bits per heavy atom. The molecule has 0 saturated carbocycles. The number of methoxy groups -OCH3 is 1. The van der Waals surface area contributed by atoms with Gasteiger partial charge in [-0.1, -0.05) is 6.42 Å². The third-order valence-electron chi connectivity index (χ3n) is 2.98. The maximum absolute atomic E-state index is 11.6. The first kappa shape index (κ1) is 12.0. The summed E-state index contributed by atoms with van der Waals surface area (Å²) in [4.78, 5) is 15.1. The van der Waals surface area contributed by atoms with E-state index in [1.807, 2.05) is 0 Å². The number of hydrogen-bond donors (Lipinski definition) is 0. The normalized spacial score (nSPS) is 21.4. The van der Waals surface area contributed by atoms with Crippen molar-refractivity contribution < 1.29 is 9.53 Å². The molecule has 1 saturated heterocycles. The summed E-state index contributed by atoms with van der Waals surface area (Å²) in [6, 6.07) is -0.169. The highest BCUT2D eigenvalue weighted by molar-refractivity contribution is 5.75. The van der Waals surface area contributed by atoms with Crippen LogP contribution in [0.15, 0.2) is 0 Å². The summed E-state index contributed by atoms with van der Waals surface area (Å²) < 4.78 is 4.82. The van der Waals surface area contributed by atoms with Gasteiger partial charge in [-0.15, -0.1) is 10.2 Å². The number of ether oxygens (including phenoxy) is 1. The summed E-state index contributed by atoms with van der Waals surface area (Å²) >= 11 is 0. The number of tetrazole rings is 1. The Hall–Kier alpha value is -1.50. The molecule has 1 aliphatic heterocycles. The second-order valence-corrected chi connectivity index (χ2v) is 4.20. The molecule has 1 aromatic heterocycles. The van der Waals surface area contributed by atoms with E-state index in [2.05, 4.69) is 20.3 Å². The highest BCUT2D eigenvalue weighted by Gasteiger charge is 2.30. The van der Waals surface area contributed by atoms with E-state index in [1.165, 1.54) is 11.9 Å². The second kappa shape index (κ2) is 5.22. The van der Waals surface area contributed by atoms with Gasteiger partial charge in [0.05, 0.1) is 20.7 Å². The number of nitrogens with zero attached hydrogens (tertiary/aromatic N) is 5. The summed E-state index contributed by atoms with van der Waals surface area (Å²) in [5, 5.41) is 11.8. The van der Waals surface area contributed by atoms with Crippen molar-refractivity contribution in [1.29, 1.82) is 0 Å². The summed E-state index contributed by atoms with van der Waals surface area (Å²) in [6.07, 6.45) is 2.99. The number of aryl methyl sites for hydroxylation is 1. The van der Waals surface area contributed by atoms with Gasteiger partial charge in [0.25, 0.3) is 0 Å². The zero-order valence-electron chi connectivity index (χ0n) is 10.2. The van der Waals surface area contributed by atoms with Crippen LogP contribution in [-0.4, -0.2) is 50.8 Å². The maximum Gasteiger partial charge on any atom is 0.323 e. The van der Waals surface area contributed by atoms with E-state index < -0.39 is 0 Å². The highest BCUT2D eigenvalue weighted by Crippen LogP contribution is 2.19. The largest absolute Gasteiger partial charge is 0.468 e. The van der Waals surface area contributed by atoms with Crippen LogP contribution in [0.1, 0.15) is 25.1 Å². The molecule has 0 radical (unpaired) electrons. The molecular weight excluding hydrogens is 222 g/mol. The van der Waals surface area contributed by atoms with Crippen LogP contribution in [0.5, 0.6) is 0 Å². The predicted molar refractivity (Wildman–Crippen MR) is 58.9 cm³/mol. The molecule has 7 nitrogen and oxygen atoms in total. The highest BCUT2D eigenvalue weighted by atomic mass is 16.5. The molecule has 7 heteroatoms. The fourth-order valence-electron chi connectivity index (χ4n) is 2.15. The van der Waals surface area contributed by atoms with Crippen molar-refractivity contribution in [2.75, 3.05) is 13.7 Å². The van der Waals surface area contributed by atoms with Crippen molar-refractivity contribution in [2.24, 2.45) is 7.05 Å². The lowest BCUT2D eigenvalue weighted by Gasteiger charge is -2.32. The van der Waals surface area contributed by atoms with E-state index in [1.54, 1.807) is 7.05 Å². The minimum Gasteiger partial charge on any atom is -0.468 e. The van der Waals surface area contributed by atoms with Crippen LogP contribution in [0, 0.1) is 0 Å². The van der Waals surface area contributed by atoms with E-state index in [4.69, 9.17) is 4.74 Å². The van der Waals surface area contributed by atoms with Crippen molar-refractivity contribution in [2.45, 2.75) is 31.8 Å². The minimum atomic E-state index is -0.173. The van der Waals surface area contributed by atoms with Gasteiger partial charge < -0.3 is 4.74 Å². The number of hydrogen-bond acceptors (Lipinski definition) is 6. The summed E-state index contributed by atoms with van der Waals surface area (Å²) in [5.74, 6) is 0.469. The number of rotatable bonds is 3. The van der Waals surface area contributed by atoms with Crippen LogP contribution in [0.3, 0.4) is 0 Å². The fraction of sp³-hybridized carbons (Fsp3) is 0.800. The number of aromatic nitrogens is 4. The molecule has 0 bridgehead atoms. The maximum atomic E-state index is 11.6. The monoisotopic (exact) mass is 239 g/mol. The Morgan fingerprint density at radius 3 is 3.00 bits per heavy atom. The third kappa shape index (κ3) is 2.79. The van der Waals surface area contributed by atoms with Crippen LogP contribution < -0.4 is 0 Å². The van der Waals surface area contributed by atoms with E-state index in [0.29, 0.717) is 12.4 Å². The lowest BCUT2D eigenvalue weighted by atomic mass is 10.0. The Kier molecular flexibility index (Phi) is 3.68. The number of piperidine rings is 1. The zero-order valence-corrected chi connectivity index (χ0v) is 10.2. The molecule has 0 spiro atoms. The van der Waals surface area contributed by atoms with Gasteiger partial charge in [0, 0.05) is 0 Å². The van der Waals surface area contributed by atoms with Crippen LogP contribution in [0.4, 0.5) is 0 Å². The Morgan fingerprint density at radius 1 is 1.53 bits per heavy atom. The number of carbonyl (C=O) groups excluding carboxylic acids is 1. The van der Waals surface area contributed by atoms with E-state index in [9.17, 15) is 4.79 Å². The standard InChI is InChI=1S/C10H17N5O2/c1-14-12-9(11-13-14)7-15-6-4-3-5-8(15)10(16)17-2/h8H,3-7H2,1-2H3/t8-/m1/s1. The quantitative estimate of drug-likeness (QED) is 0.676. The molecule has 1 aromatic rings. The molecule has 0 aliphatic carbocycles. The Balaban J connectivity index is 2.03. The molecule has 0 unspecified atom stereocenters. The van der Waals surface area contributed by atoms with Crippen molar-refractivity contribution >= 4 is 5.97 Å². The van der Waals surface area contributed by atoms with E-state index >= 15 is 0 Å². The fourth-order valence-corrected chi connectivity index (χ4v) is 2.15. The van der Waals surface area contributed by atoms with Crippen LogP contribution in [0.2, 0.25) is 0 Å². The van der Waals surface area contributed by atoms with Gasteiger partial charge in [-0.2, -0.15) is 4.80 Å². The first-order valence-corrected chi connectivity index (χ1v) is 5.75. The lowest BCUT2D eigenvalue weighted by molar-refractivity contribution is -0.148. The minimum absolute atomic E-state index is 0.169. The van der Waals surface area contributed by atoms with Crippen molar-refractivity contribution in [3.8, 4) is 0 Å². The van der Waals surface area contributed by atoms with E-state index in [-0.39, 0.29) is 12.0 Å². The Labute approximate surface area is 99.7 Å². The van der Waals surface area contributed by atoms with Crippen molar-refractivity contribution in [3.05, 3.63) is 5.82 Å². The van der Waals surface area contributed by atoms with Gasteiger partial charge in [0.2, 0.25) is 0 Å². The van der Waals surface area contributed by atoms with Gasteiger partial charge in [-0.25, -0.2) is 0 Å². The summed E-state index contributed by atoms with van der Waals surface area (Å²) in [5.41, 5.74) is 0. The topological polar surface area (TPSA) is 73.1 Å². The molecule has 1 atom stereocenters. The molecule has 2 heterocycles. The summed E-state index contributed by atoms with van der Waals surface area (Å²) in [6.45, 7) is 1.42. The Bertz CT molecular complexity index is 392. The second-order valence-electron chi connectivity index (χ2n) is 4.20. The molecule has 1 aliphatic rings. The number of carbonyl (C=O) groups is 1. The van der Waals surface area contributed by atoms with Crippen LogP contribution in [0.25, 0.3) is 0 Å². The predicted octanol–water partition coefficient (Wildman–Crippen LogP) is -0.262. The average molecular weight is 239 g/mol. The van der Waals surface area contributed by atoms with Crippen LogP contribution >= 0.6 is 0 Å². The van der Waals surface area contributed by atoms with Gasteiger partial charge in [-0.3, -0.25) is 9.69 Å². The molecule has 17 heavy (non-hydrogen) atoms. The molecule has 2 rings (SSSR count). The van der Waals surface area contributed by atoms with Gasteiger partial charge in [-0.05, 0) is 24.6 Å².